The number of amides is 1. The maximum Gasteiger partial charge on any atom is 0.284 e. The highest BCUT2D eigenvalue weighted by atomic mass is 32.1. The van der Waals surface area contributed by atoms with E-state index in [4.69, 9.17) is 10.2 Å². The van der Waals surface area contributed by atoms with Crippen molar-refractivity contribution in [2.45, 2.75) is 20.0 Å². The van der Waals surface area contributed by atoms with Gasteiger partial charge in [-0.15, -0.1) is 11.3 Å². The SMILES string of the molecule is CCNC(=NCc1ccc(C(N)=O)o1)NCc1cccs1. The number of nitrogens with two attached hydrogens (primary N) is 1. The molecular weight excluding hydrogens is 288 g/mol. The van der Waals surface area contributed by atoms with Gasteiger partial charge in [-0.05, 0) is 30.5 Å². The van der Waals surface area contributed by atoms with E-state index in [1.54, 1.807) is 23.5 Å². The van der Waals surface area contributed by atoms with Crippen LogP contribution in [0, 0.1) is 0 Å². The predicted octanol–water partition coefficient (Wildman–Crippen LogP) is 1.70. The van der Waals surface area contributed by atoms with Gasteiger partial charge in [0.2, 0.25) is 0 Å². The van der Waals surface area contributed by atoms with Crippen LogP contribution in [0.4, 0.5) is 0 Å². The Hall–Kier alpha value is -2.28. The molecule has 0 spiro atoms. The van der Waals surface area contributed by atoms with Gasteiger partial charge in [0.25, 0.3) is 5.91 Å². The van der Waals surface area contributed by atoms with Gasteiger partial charge in [0, 0.05) is 11.4 Å². The van der Waals surface area contributed by atoms with Gasteiger partial charge in [-0.25, -0.2) is 4.99 Å². The second-order valence-corrected chi connectivity index (χ2v) is 5.29. The molecule has 0 radical (unpaired) electrons. The second kappa shape index (κ2) is 7.49. The predicted molar refractivity (Wildman–Crippen MR) is 83.2 cm³/mol. The largest absolute Gasteiger partial charge is 0.454 e. The van der Waals surface area contributed by atoms with Crippen molar-refractivity contribution >= 4 is 23.2 Å². The van der Waals surface area contributed by atoms with Crippen LogP contribution in [-0.4, -0.2) is 18.4 Å². The van der Waals surface area contributed by atoms with Crippen molar-refractivity contribution < 1.29 is 9.21 Å². The molecule has 0 aliphatic heterocycles. The summed E-state index contributed by atoms with van der Waals surface area (Å²) in [5.74, 6) is 0.866. The maximum atomic E-state index is 11.0. The molecular formula is C14H18N4O2S. The van der Waals surface area contributed by atoms with Crippen LogP contribution in [0.25, 0.3) is 0 Å². The van der Waals surface area contributed by atoms with Gasteiger partial charge in [-0.1, -0.05) is 6.07 Å². The molecule has 0 atom stereocenters. The van der Waals surface area contributed by atoms with Gasteiger partial charge in [-0.2, -0.15) is 0 Å². The lowest BCUT2D eigenvalue weighted by atomic mass is 10.4. The third kappa shape index (κ3) is 4.64. The molecule has 0 aromatic carbocycles. The van der Waals surface area contributed by atoms with Crippen LogP contribution in [0.2, 0.25) is 0 Å². The highest BCUT2D eigenvalue weighted by molar-refractivity contribution is 7.09. The van der Waals surface area contributed by atoms with Crippen molar-refractivity contribution in [3.8, 4) is 0 Å². The van der Waals surface area contributed by atoms with Crippen LogP contribution in [-0.2, 0) is 13.1 Å². The molecule has 21 heavy (non-hydrogen) atoms. The molecule has 2 rings (SSSR count). The quantitative estimate of drug-likeness (QED) is 0.559. The zero-order chi connectivity index (χ0) is 15.1. The Labute approximate surface area is 127 Å². The first-order valence-corrected chi connectivity index (χ1v) is 7.50. The summed E-state index contributed by atoms with van der Waals surface area (Å²) in [7, 11) is 0. The number of thiophene rings is 1. The third-order valence-electron chi connectivity index (χ3n) is 2.65. The third-order valence-corrected chi connectivity index (χ3v) is 3.53. The minimum Gasteiger partial charge on any atom is -0.454 e. The number of nitrogens with one attached hydrogen (secondary N) is 2. The average Bonchev–Trinajstić information content (AvgIpc) is 3.13. The molecule has 0 aliphatic carbocycles. The number of primary amides is 1. The topological polar surface area (TPSA) is 92.6 Å². The standard InChI is InChI=1S/C14H18N4O2S/c1-2-16-14(18-9-11-4-3-7-21-11)17-8-10-5-6-12(20-10)13(15)19/h3-7H,2,8-9H2,1H3,(H2,15,19)(H2,16,17,18). The summed E-state index contributed by atoms with van der Waals surface area (Å²) in [4.78, 5) is 16.6. The smallest absolute Gasteiger partial charge is 0.284 e. The number of hydrogen-bond acceptors (Lipinski definition) is 4. The molecule has 4 N–H and O–H groups in total. The molecule has 0 saturated heterocycles. The van der Waals surface area contributed by atoms with Crippen molar-refractivity contribution in [2.24, 2.45) is 10.7 Å². The van der Waals surface area contributed by atoms with Crippen molar-refractivity contribution in [3.63, 3.8) is 0 Å². The minimum absolute atomic E-state index is 0.150. The summed E-state index contributed by atoms with van der Waals surface area (Å²) < 4.78 is 5.29. The van der Waals surface area contributed by atoms with Crippen LogP contribution in [0.15, 0.2) is 39.1 Å². The van der Waals surface area contributed by atoms with E-state index in [-0.39, 0.29) is 5.76 Å². The molecule has 0 aliphatic rings. The highest BCUT2D eigenvalue weighted by Gasteiger charge is 2.07. The lowest BCUT2D eigenvalue weighted by Crippen LogP contribution is -2.36. The van der Waals surface area contributed by atoms with E-state index in [9.17, 15) is 4.79 Å². The highest BCUT2D eigenvalue weighted by Crippen LogP contribution is 2.09. The Morgan fingerprint density at radius 2 is 2.24 bits per heavy atom. The van der Waals surface area contributed by atoms with Gasteiger partial charge in [0.1, 0.15) is 12.3 Å². The normalized spacial score (nSPS) is 11.4. The van der Waals surface area contributed by atoms with Crippen molar-refractivity contribution in [1.82, 2.24) is 10.6 Å². The fraction of sp³-hybridized carbons (Fsp3) is 0.286. The van der Waals surface area contributed by atoms with Crippen LogP contribution < -0.4 is 16.4 Å². The number of furan rings is 1. The molecule has 0 saturated carbocycles. The van der Waals surface area contributed by atoms with E-state index < -0.39 is 5.91 Å². The van der Waals surface area contributed by atoms with E-state index in [2.05, 4.69) is 21.7 Å². The van der Waals surface area contributed by atoms with E-state index >= 15 is 0 Å². The number of carbonyl (C=O) groups is 1. The second-order valence-electron chi connectivity index (χ2n) is 4.26. The van der Waals surface area contributed by atoms with Gasteiger partial charge < -0.3 is 20.8 Å². The number of rotatable bonds is 6. The maximum absolute atomic E-state index is 11.0. The minimum atomic E-state index is -0.576. The first-order valence-electron chi connectivity index (χ1n) is 6.62. The molecule has 0 fully saturated rings. The Morgan fingerprint density at radius 3 is 2.86 bits per heavy atom. The molecule has 7 heteroatoms. The summed E-state index contributed by atoms with van der Waals surface area (Å²) in [6.45, 7) is 3.82. The number of nitrogens with zero attached hydrogens (tertiary/aromatic N) is 1. The fourth-order valence-electron chi connectivity index (χ4n) is 1.68. The zero-order valence-corrected chi connectivity index (χ0v) is 12.6. The molecule has 2 aromatic heterocycles. The van der Waals surface area contributed by atoms with Crippen molar-refractivity contribution in [1.29, 1.82) is 0 Å². The van der Waals surface area contributed by atoms with Gasteiger partial charge in [0.05, 0.1) is 6.54 Å². The van der Waals surface area contributed by atoms with E-state index in [1.165, 1.54) is 4.88 Å². The molecule has 2 heterocycles. The summed E-state index contributed by atoms with van der Waals surface area (Å²) in [6, 6.07) is 7.33. The van der Waals surface area contributed by atoms with Gasteiger partial charge in [0.15, 0.2) is 11.7 Å². The first-order chi connectivity index (χ1) is 10.2. The molecule has 2 aromatic rings. The molecule has 1 amide bonds. The Balaban J connectivity index is 1.94. The van der Waals surface area contributed by atoms with E-state index in [0.717, 1.165) is 6.54 Å². The number of hydrogen-bond donors (Lipinski definition) is 3. The Bertz CT molecular complexity index is 604. The number of guanidine groups is 1. The van der Waals surface area contributed by atoms with Gasteiger partial charge >= 0.3 is 0 Å². The summed E-state index contributed by atoms with van der Waals surface area (Å²) in [6.07, 6.45) is 0. The number of aliphatic imine (C=N–C) groups is 1. The van der Waals surface area contributed by atoms with Crippen LogP contribution in [0.5, 0.6) is 0 Å². The molecule has 0 unspecified atom stereocenters. The molecule has 112 valence electrons. The molecule has 0 bridgehead atoms. The Morgan fingerprint density at radius 1 is 1.38 bits per heavy atom. The van der Waals surface area contributed by atoms with E-state index in [1.807, 2.05) is 18.4 Å². The lowest BCUT2D eigenvalue weighted by Gasteiger charge is -2.09. The van der Waals surface area contributed by atoms with Crippen molar-refractivity contribution in [2.75, 3.05) is 6.54 Å². The fourth-order valence-corrected chi connectivity index (χ4v) is 2.32. The van der Waals surface area contributed by atoms with Crippen LogP contribution in [0.3, 0.4) is 0 Å². The summed E-state index contributed by atoms with van der Waals surface area (Å²) >= 11 is 1.69. The lowest BCUT2D eigenvalue weighted by molar-refractivity contribution is 0.0972. The monoisotopic (exact) mass is 306 g/mol. The Kier molecular flexibility index (Phi) is 5.39. The first kappa shape index (κ1) is 15.1. The summed E-state index contributed by atoms with van der Waals surface area (Å²) in [5, 5.41) is 8.43. The average molecular weight is 306 g/mol. The van der Waals surface area contributed by atoms with Gasteiger partial charge in [-0.3, -0.25) is 4.79 Å². The van der Waals surface area contributed by atoms with E-state index in [0.29, 0.717) is 24.8 Å². The molecule has 6 nitrogen and oxygen atoms in total. The van der Waals surface area contributed by atoms with Crippen LogP contribution >= 0.6 is 11.3 Å². The zero-order valence-electron chi connectivity index (χ0n) is 11.8. The van der Waals surface area contributed by atoms with Crippen molar-refractivity contribution in [3.05, 3.63) is 46.0 Å². The van der Waals surface area contributed by atoms with Crippen LogP contribution in [0.1, 0.15) is 28.1 Å². The number of carbonyl (C=O) groups excluding carboxylic acids is 1. The summed E-state index contributed by atoms with van der Waals surface area (Å²) in [5.41, 5.74) is 5.14.